The summed E-state index contributed by atoms with van der Waals surface area (Å²) in [4.78, 5) is 24.7. The first-order valence-electron chi connectivity index (χ1n) is 8.14. The van der Waals surface area contributed by atoms with Gasteiger partial charge >= 0.3 is 0 Å². The first-order valence-corrected chi connectivity index (χ1v) is 8.14. The van der Waals surface area contributed by atoms with Crippen molar-refractivity contribution in [2.45, 2.75) is 6.92 Å². The summed E-state index contributed by atoms with van der Waals surface area (Å²) >= 11 is 0. The molecule has 0 aliphatic carbocycles. The number of aromatic nitrogens is 4. The number of benzene rings is 1. The smallest absolute Gasteiger partial charge is 0.248 e. The Morgan fingerprint density at radius 3 is 2.48 bits per heavy atom. The van der Waals surface area contributed by atoms with E-state index in [0.29, 0.717) is 23.1 Å². The van der Waals surface area contributed by atoms with Crippen LogP contribution in [0.5, 0.6) is 11.5 Å². The summed E-state index contributed by atoms with van der Waals surface area (Å²) in [6, 6.07) is 5.39. The van der Waals surface area contributed by atoms with Gasteiger partial charge in [-0.15, -0.1) is 0 Å². The molecule has 0 unspecified atom stereocenters. The quantitative estimate of drug-likeness (QED) is 0.675. The van der Waals surface area contributed by atoms with E-state index >= 15 is 0 Å². The molecule has 0 radical (unpaired) electrons. The van der Waals surface area contributed by atoms with Crippen molar-refractivity contribution >= 4 is 17.7 Å². The monoisotopic (exact) mass is 365 g/mol. The highest BCUT2D eigenvalue weighted by molar-refractivity contribution is 6.01. The molecule has 1 amide bonds. The summed E-state index contributed by atoms with van der Waals surface area (Å²) in [5.41, 5.74) is 1.31. The number of methoxy groups -OCH3 is 2. The zero-order chi connectivity index (χ0) is 19.2. The summed E-state index contributed by atoms with van der Waals surface area (Å²) in [6.07, 6.45) is 9.65. The fourth-order valence-electron chi connectivity index (χ4n) is 2.41. The first-order chi connectivity index (χ1) is 13.1. The molecule has 0 atom stereocenters. The van der Waals surface area contributed by atoms with Gasteiger partial charge in [0.1, 0.15) is 5.82 Å². The van der Waals surface area contributed by atoms with E-state index in [1.807, 2.05) is 13.0 Å². The van der Waals surface area contributed by atoms with Crippen LogP contribution in [0.1, 0.15) is 11.4 Å². The molecular weight excluding hydrogens is 346 g/mol. The lowest BCUT2D eigenvalue weighted by Crippen LogP contribution is -2.09. The van der Waals surface area contributed by atoms with Crippen LogP contribution in [0.15, 0.2) is 49.1 Å². The Morgan fingerprint density at radius 2 is 1.85 bits per heavy atom. The molecule has 8 nitrogen and oxygen atoms in total. The standard InChI is InChI=1S/C19H19N5O3/c1-13-20-8-9-24(13)19-21-11-15(12-22-19)23-18(25)7-5-14-4-6-16(26-2)17(10-14)27-3/h4-12H,1-3H3,(H,23,25)/b7-5+. The number of carbonyl (C=O) groups excluding carboxylic acids is 1. The summed E-state index contributed by atoms with van der Waals surface area (Å²) in [7, 11) is 3.13. The van der Waals surface area contributed by atoms with E-state index in [0.717, 1.165) is 11.4 Å². The Labute approximate surface area is 156 Å². The lowest BCUT2D eigenvalue weighted by Gasteiger charge is -2.07. The molecule has 1 aromatic carbocycles. The molecular formula is C19H19N5O3. The highest BCUT2D eigenvalue weighted by Gasteiger charge is 2.06. The normalized spacial score (nSPS) is 10.8. The Morgan fingerprint density at radius 1 is 1.11 bits per heavy atom. The summed E-state index contributed by atoms with van der Waals surface area (Å²) in [5.74, 6) is 2.21. The number of nitrogens with one attached hydrogen (secondary N) is 1. The van der Waals surface area contributed by atoms with Crippen molar-refractivity contribution in [3.8, 4) is 17.4 Å². The van der Waals surface area contributed by atoms with Gasteiger partial charge < -0.3 is 14.8 Å². The lowest BCUT2D eigenvalue weighted by molar-refractivity contribution is -0.111. The van der Waals surface area contributed by atoms with Crippen LogP contribution in [0.25, 0.3) is 12.0 Å². The molecule has 0 spiro atoms. The molecule has 2 heterocycles. The van der Waals surface area contributed by atoms with Crippen LogP contribution in [-0.4, -0.2) is 39.6 Å². The van der Waals surface area contributed by atoms with Crippen LogP contribution in [0.2, 0.25) is 0 Å². The van der Waals surface area contributed by atoms with E-state index in [9.17, 15) is 4.79 Å². The molecule has 1 N–H and O–H groups in total. The van der Waals surface area contributed by atoms with Gasteiger partial charge in [0.25, 0.3) is 0 Å². The number of ether oxygens (including phenoxy) is 2. The Balaban J connectivity index is 1.65. The Kier molecular flexibility index (Phi) is 5.46. The maximum atomic E-state index is 12.1. The third-order valence-electron chi connectivity index (χ3n) is 3.78. The van der Waals surface area contributed by atoms with E-state index in [4.69, 9.17) is 9.47 Å². The van der Waals surface area contributed by atoms with E-state index in [-0.39, 0.29) is 5.91 Å². The minimum absolute atomic E-state index is 0.292. The second kappa shape index (κ2) is 8.13. The minimum atomic E-state index is -0.292. The molecule has 0 saturated carbocycles. The van der Waals surface area contributed by atoms with Gasteiger partial charge in [-0.25, -0.2) is 15.0 Å². The summed E-state index contributed by atoms with van der Waals surface area (Å²) in [6.45, 7) is 1.86. The molecule has 138 valence electrons. The fourth-order valence-corrected chi connectivity index (χ4v) is 2.41. The largest absolute Gasteiger partial charge is 0.493 e. The summed E-state index contributed by atoms with van der Waals surface area (Å²) in [5, 5.41) is 2.72. The number of aryl methyl sites for hydroxylation is 1. The van der Waals surface area contributed by atoms with Gasteiger partial charge in [0.15, 0.2) is 11.5 Å². The van der Waals surface area contributed by atoms with Crippen LogP contribution in [0.3, 0.4) is 0 Å². The number of anilines is 1. The predicted molar refractivity (Wildman–Crippen MR) is 101 cm³/mol. The van der Waals surface area contributed by atoms with Gasteiger partial charge in [-0.2, -0.15) is 0 Å². The average Bonchev–Trinajstić information content (AvgIpc) is 3.12. The molecule has 8 heteroatoms. The molecule has 2 aromatic heterocycles. The summed E-state index contributed by atoms with van der Waals surface area (Å²) < 4.78 is 12.2. The number of amides is 1. The molecule has 0 fully saturated rings. The second-order valence-electron chi connectivity index (χ2n) is 5.55. The van der Waals surface area contributed by atoms with Crippen LogP contribution in [0.4, 0.5) is 5.69 Å². The minimum Gasteiger partial charge on any atom is -0.493 e. The number of imidazole rings is 1. The molecule has 3 rings (SSSR count). The Hall–Kier alpha value is -3.68. The number of rotatable bonds is 6. The molecule has 0 saturated heterocycles. The molecule has 3 aromatic rings. The third-order valence-corrected chi connectivity index (χ3v) is 3.78. The van der Waals surface area contributed by atoms with Crippen molar-refractivity contribution in [1.82, 2.24) is 19.5 Å². The number of nitrogens with zero attached hydrogens (tertiary/aromatic N) is 4. The number of carbonyl (C=O) groups is 1. The molecule has 0 aliphatic rings. The van der Waals surface area contributed by atoms with Gasteiger partial charge in [0, 0.05) is 18.5 Å². The van der Waals surface area contributed by atoms with Crippen LogP contribution < -0.4 is 14.8 Å². The van der Waals surface area contributed by atoms with Crippen molar-refractivity contribution in [1.29, 1.82) is 0 Å². The number of hydrogen-bond donors (Lipinski definition) is 1. The van der Waals surface area contributed by atoms with Crippen LogP contribution in [-0.2, 0) is 4.79 Å². The highest BCUT2D eigenvalue weighted by Crippen LogP contribution is 2.27. The zero-order valence-electron chi connectivity index (χ0n) is 15.2. The van der Waals surface area contributed by atoms with Crippen molar-refractivity contribution in [2.24, 2.45) is 0 Å². The van der Waals surface area contributed by atoms with Gasteiger partial charge in [0.05, 0.1) is 32.3 Å². The number of hydrogen-bond acceptors (Lipinski definition) is 6. The van der Waals surface area contributed by atoms with E-state index in [1.165, 1.54) is 6.08 Å². The van der Waals surface area contributed by atoms with Crippen molar-refractivity contribution in [3.63, 3.8) is 0 Å². The predicted octanol–water partition coefficient (Wildman–Crippen LogP) is 2.64. The Bertz CT molecular complexity index is 964. The SMILES string of the molecule is COc1ccc(/C=C/C(=O)Nc2cnc(-n3ccnc3C)nc2)cc1OC. The van der Waals surface area contributed by atoms with Gasteiger partial charge in [-0.1, -0.05) is 6.07 Å². The lowest BCUT2D eigenvalue weighted by atomic mass is 10.2. The maximum absolute atomic E-state index is 12.1. The average molecular weight is 365 g/mol. The van der Waals surface area contributed by atoms with E-state index < -0.39 is 0 Å². The topological polar surface area (TPSA) is 91.2 Å². The molecule has 27 heavy (non-hydrogen) atoms. The zero-order valence-corrected chi connectivity index (χ0v) is 15.2. The van der Waals surface area contributed by atoms with Gasteiger partial charge in [-0.3, -0.25) is 9.36 Å². The van der Waals surface area contributed by atoms with Crippen molar-refractivity contribution < 1.29 is 14.3 Å². The third kappa shape index (κ3) is 4.30. The maximum Gasteiger partial charge on any atom is 0.248 e. The van der Waals surface area contributed by atoms with Crippen LogP contribution >= 0.6 is 0 Å². The first kappa shape index (κ1) is 18.1. The van der Waals surface area contributed by atoms with Crippen LogP contribution in [0, 0.1) is 6.92 Å². The van der Waals surface area contributed by atoms with E-state index in [1.54, 1.807) is 61.8 Å². The van der Waals surface area contributed by atoms with Gasteiger partial charge in [-0.05, 0) is 30.7 Å². The van der Waals surface area contributed by atoms with E-state index in [2.05, 4.69) is 20.3 Å². The van der Waals surface area contributed by atoms with Gasteiger partial charge in [0.2, 0.25) is 11.9 Å². The molecule has 0 aliphatic heterocycles. The van der Waals surface area contributed by atoms with Crippen molar-refractivity contribution in [2.75, 3.05) is 19.5 Å². The second-order valence-corrected chi connectivity index (χ2v) is 5.55. The van der Waals surface area contributed by atoms with Crippen molar-refractivity contribution in [3.05, 3.63) is 60.5 Å². The highest BCUT2D eigenvalue weighted by atomic mass is 16.5. The fraction of sp³-hybridized carbons (Fsp3) is 0.158. The molecule has 0 bridgehead atoms.